The van der Waals surface area contributed by atoms with Crippen LogP contribution >= 0.6 is 0 Å². The fraction of sp³-hybridized carbons (Fsp3) is 0.333. The minimum absolute atomic E-state index is 0.832. The highest BCUT2D eigenvalue weighted by Crippen LogP contribution is 2.26. The summed E-state index contributed by atoms with van der Waals surface area (Å²) in [5.41, 5.74) is 4.76. The molecule has 5 nitrogen and oxygen atoms in total. The van der Waals surface area contributed by atoms with E-state index in [9.17, 15) is 0 Å². The second-order valence-corrected chi connectivity index (χ2v) is 7.56. The average molecular weight is 388 g/mol. The lowest BCUT2D eigenvalue weighted by Gasteiger charge is -2.36. The van der Waals surface area contributed by atoms with Crippen LogP contribution in [0.4, 0.5) is 23.1 Å². The monoisotopic (exact) mass is 387 g/mol. The minimum atomic E-state index is 0.832. The molecule has 2 heterocycles. The minimum Gasteiger partial charge on any atom is -0.368 e. The lowest BCUT2D eigenvalue weighted by molar-refractivity contribution is 0.639. The molecule has 29 heavy (non-hydrogen) atoms. The van der Waals surface area contributed by atoms with E-state index in [1.165, 1.54) is 11.3 Å². The molecule has 0 amide bonds. The van der Waals surface area contributed by atoms with Gasteiger partial charge in [-0.1, -0.05) is 30.3 Å². The molecule has 3 aromatic rings. The van der Waals surface area contributed by atoms with Crippen molar-refractivity contribution in [1.29, 1.82) is 0 Å². The maximum absolute atomic E-state index is 4.94. The Balaban J connectivity index is 1.52. The molecule has 1 aromatic heterocycles. The highest BCUT2D eigenvalue weighted by molar-refractivity contribution is 5.61. The van der Waals surface area contributed by atoms with Crippen LogP contribution in [0.25, 0.3) is 0 Å². The normalized spacial score (nSPS) is 14.2. The standard InChI is InChI=1S/C24H29N5/c1-4-29(21-10-6-5-7-11-21)23-18-20(3)25-24(26-23)28-15-13-27(14-16-28)22-12-8-9-19(2)17-22/h5-12,17-18H,4,13-16H2,1-3H3. The average Bonchev–Trinajstić information content (AvgIpc) is 2.75. The predicted molar refractivity (Wildman–Crippen MR) is 121 cm³/mol. The Morgan fingerprint density at radius 3 is 2.24 bits per heavy atom. The fourth-order valence-electron chi connectivity index (χ4n) is 3.89. The molecule has 0 saturated carbocycles. The van der Waals surface area contributed by atoms with Gasteiger partial charge in [-0.15, -0.1) is 0 Å². The maximum Gasteiger partial charge on any atom is 0.227 e. The van der Waals surface area contributed by atoms with Crippen LogP contribution in [0, 0.1) is 13.8 Å². The summed E-state index contributed by atoms with van der Waals surface area (Å²) in [5, 5.41) is 0. The number of piperazine rings is 1. The number of hydrogen-bond donors (Lipinski definition) is 0. The van der Waals surface area contributed by atoms with Crippen LogP contribution in [0.2, 0.25) is 0 Å². The van der Waals surface area contributed by atoms with Crippen LogP contribution in [0.3, 0.4) is 0 Å². The third-order valence-electron chi connectivity index (χ3n) is 5.42. The summed E-state index contributed by atoms with van der Waals surface area (Å²) in [6, 6.07) is 21.2. The quantitative estimate of drug-likeness (QED) is 0.640. The molecule has 1 aliphatic rings. The Morgan fingerprint density at radius 1 is 0.828 bits per heavy atom. The van der Waals surface area contributed by atoms with Gasteiger partial charge in [-0.3, -0.25) is 0 Å². The molecule has 5 heteroatoms. The lowest BCUT2D eigenvalue weighted by atomic mass is 10.2. The maximum atomic E-state index is 4.94. The van der Waals surface area contributed by atoms with Crippen molar-refractivity contribution in [3.05, 3.63) is 71.9 Å². The second-order valence-electron chi connectivity index (χ2n) is 7.56. The highest BCUT2D eigenvalue weighted by Gasteiger charge is 2.21. The van der Waals surface area contributed by atoms with E-state index in [0.29, 0.717) is 0 Å². The third-order valence-corrected chi connectivity index (χ3v) is 5.42. The first-order chi connectivity index (χ1) is 14.1. The highest BCUT2D eigenvalue weighted by atomic mass is 15.3. The summed E-state index contributed by atoms with van der Waals surface area (Å²) in [6.45, 7) is 11.0. The Bertz CT molecular complexity index is 948. The van der Waals surface area contributed by atoms with E-state index in [4.69, 9.17) is 9.97 Å². The summed E-state index contributed by atoms with van der Waals surface area (Å²) in [6.07, 6.45) is 0. The van der Waals surface area contributed by atoms with Crippen molar-refractivity contribution in [2.75, 3.05) is 47.4 Å². The van der Waals surface area contributed by atoms with Crippen LogP contribution in [-0.2, 0) is 0 Å². The van der Waals surface area contributed by atoms with Crippen molar-refractivity contribution in [3.8, 4) is 0 Å². The molecule has 0 unspecified atom stereocenters. The van der Waals surface area contributed by atoms with Crippen LogP contribution < -0.4 is 14.7 Å². The molecule has 0 aliphatic carbocycles. The Kier molecular flexibility index (Phi) is 5.65. The SMILES string of the molecule is CCN(c1ccccc1)c1cc(C)nc(N2CCN(c3cccc(C)c3)CC2)n1. The van der Waals surface area contributed by atoms with Gasteiger partial charge in [0.2, 0.25) is 5.95 Å². The fourth-order valence-corrected chi connectivity index (χ4v) is 3.89. The second kappa shape index (κ2) is 8.52. The molecule has 2 aromatic carbocycles. The van der Waals surface area contributed by atoms with Gasteiger partial charge >= 0.3 is 0 Å². The van der Waals surface area contributed by atoms with E-state index >= 15 is 0 Å². The van der Waals surface area contributed by atoms with Crippen LogP contribution in [-0.4, -0.2) is 42.7 Å². The van der Waals surface area contributed by atoms with Gasteiger partial charge in [0, 0.05) is 55.9 Å². The van der Waals surface area contributed by atoms with Crippen LogP contribution in [0.1, 0.15) is 18.2 Å². The van der Waals surface area contributed by atoms with Crippen molar-refractivity contribution in [2.45, 2.75) is 20.8 Å². The zero-order valence-corrected chi connectivity index (χ0v) is 17.5. The number of nitrogens with zero attached hydrogens (tertiary/aromatic N) is 5. The predicted octanol–water partition coefficient (Wildman–Crippen LogP) is 4.58. The summed E-state index contributed by atoms with van der Waals surface area (Å²) < 4.78 is 0. The van der Waals surface area contributed by atoms with Crippen molar-refractivity contribution >= 4 is 23.1 Å². The summed E-state index contributed by atoms with van der Waals surface area (Å²) in [5.74, 6) is 1.79. The number of anilines is 4. The zero-order valence-electron chi connectivity index (χ0n) is 17.5. The first-order valence-corrected chi connectivity index (χ1v) is 10.4. The van der Waals surface area contributed by atoms with Crippen molar-refractivity contribution in [2.24, 2.45) is 0 Å². The van der Waals surface area contributed by atoms with Gasteiger partial charge in [0.05, 0.1) is 0 Å². The molecular formula is C24H29N5. The first-order valence-electron chi connectivity index (χ1n) is 10.4. The molecule has 0 radical (unpaired) electrons. The number of aromatic nitrogens is 2. The van der Waals surface area contributed by atoms with Gasteiger partial charge in [0.25, 0.3) is 0 Å². The third kappa shape index (κ3) is 4.34. The van der Waals surface area contributed by atoms with E-state index in [-0.39, 0.29) is 0 Å². The largest absolute Gasteiger partial charge is 0.368 e. The van der Waals surface area contributed by atoms with E-state index in [0.717, 1.165) is 55.9 Å². The van der Waals surface area contributed by atoms with Crippen LogP contribution in [0.5, 0.6) is 0 Å². The van der Waals surface area contributed by atoms with E-state index in [1.807, 2.05) is 6.07 Å². The molecule has 150 valence electrons. The topological polar surface area (TPSA) is 35.5 Å². The Labute approximate surface area is 173 Å². The van der Waals surface area contributed by atoms with E-state index in [2.05, 4.69) is 90.1 Å². The smallest absolute Gasteiger partial charge is 0.227 e. The molecule has 1 fully saturated rings. The van der Waals surface area contributed by atoms with Gasteiger partial charge in [-0.2, -0.15) is 4.98 Å². The summed E-state index contributed by atoms with van der Waals surface area (Å²) in [7, 11) is 0. The first kappa shape index (κ1) is 19.2. The molecular weight excluding hydrogens is 358 g/mol. The number of rotatable bonds is 5. The van der Waals surface area contributed by atoms with Gasteiger partial charge in [-0.25, -0.2) is 4.98 Å². The molecule has 0 spiro atoms. The number of aryl methyl sites for hydroxylation is 2. The van der Waals surface area contributed by atoms with Gasteiger partial charge < -0.3 is 14.7 Å². The zero-order chi connectivity index (χ0) is 20.2. The van der Waals surface area contributed by atoms with Gasteiger partial charge in [-0.05, 0) is 50.6 Å². The number of para-hydroxylation sites is 1. The molecule has 4 rings (SSSR count). The Hall–Kier alpha value is -3.08. The van der Waals surface area contributed by atoms with Gasteiger partial charge in [0.15, 0.2) is 0 Å². The van der Waals surface area contributed by atoms with Gasteiger partial charge in [0.1, 0.15) is 5.82 Å². The van der Waals surface area contributed by atoms with Crippen molar-refractivity contribution < 1.29 is 0 Å². The molecule has 0 bridgehead atoms. The summed E-state index contributed by atoms with van der Waals surface area (Å²) >= 11 is 0. The van der Waals surface area contributed by atoms with Crippen molar-refractivity contribution in [1.82, 2.24) is 9.97 Å². The van der Waals surface area contributed by atoms with Crippen molar-refractivity contribution in [3.63, 3.8) is 0 Å². The lowest BCUT2D eigenvalue weighted by Crippen LogP contribution is -2.47. The molecule has 1 saturated heterocycles. The van der Waals surface area contributed by atoms with E-state index in [1.54, 1.807) is 0 Å². The van der Waals surface area contributed by atoms with Crippen LogP contribution in [0.15, 0.2) is 60.7 Å². The van der Waals surface area contributed by atoms with E-state index < -0.39 is 0 Å². The molecule has 0 atom stereocenters. The number of benzene rings is 2. The Morgan fingerprint density at radius 2 is 1.55 bits per heavy atom. The number of hydrogen-bond acceptors (Lipinski definition) is 5. The summed E-state index contributed by atoms with van der Waals surface area (Å²) in [4.78, 5) is 16.7. The molecule has 0 N–H and O–H groups in total. The molecule has 1 aliphatic heterocycles.